The first-order chi connectivity index (χ1) is 13.8. The SMILES string of the molecule is CC(C)c1nnc(C2CN(S(=O)(=O)Cc3ccccc3F)CC23CCOCC3)o1. The summed E-state index contributed by atoms with van der Waals surface area (Å²) >= 11 is 0. The zero-order chi connectivity index (χ0) is 20.6. The largest absolute Gasteiger partial charge is 0.425 e. The molecule has 2 aliphatic rings. The third-order valence-electron chi connectivity index (χ3n) is 6.04. The number of hydrogen-bond donors (Lipinski definition) is 0. The second-order valence-electron chi connectivity index (χ2n) is 8.30. The predicted molar refractivity (Wildman–Crippen MR) is 104 cm³/mol. The average molecular weight is 424 g/mol. The van der Waals surface area contributed by atoms with Crippen molar-refractivity contribution in [3.8, 4) is 0 Å². The molecule has 0 bridgehead atoms. The van der Waals surface area contributed by atoms with E-state index in [9.17, 15) is 12.8 Å². The third kappa shape index (κ3) is 3.95. The summed E-state index contributed by atoms with van der Waals surface area (Å²) in [4.78, 5) is 0. The van der Waals surface area contributed by atoms with Crippen molar-refractivity contribution in [2.45, 2.75) is 44.3 Å². The molecule has 1 unspecified atom stereocenters. The van der Waals surface area contributed by atoms with Gasteiger partial charge in [-0.3, -0.25) is 0 Å². The topological polar surface area (TPSA) is 85.5 Å². The minimum Gasteiger partial charge on any atom is -0.425 e. The molecule has 9 heteroatoms. The van der Waals surface area contributed by atoms with Crippen molar-refractivity contribution in [3.63, 3.8) is 0 Å². The Labute approximate surface area is 170 Å². The lowest BCUT2D eigenvalue weighted by Crippen LogP contribution is -2.37. The smallest absolute Gasteiger partial charge is 0.221 e. The highest BCUT2D eigenvalue weighted by Crippen LogP contribution is 2.50. The first-order valence-corrected chi connectivity index (χ1v) is 11.5. The maximum Gasteiger partial charge on any atom is 0.221 e. The van der Waals surface area contributed by atoms with Gasteiger partial charge in [-0.2, -0.15) is 0 Å². The molecule has 0 aliphatic carbocycles. The summed E-state index contributed by atoms with van der Waals surface area (Å²) in [5, 5.41) is 8.38. The van der Waals surface area contributed by atoms with Gasteiger partial charge in [0, 0.05) is 43.2 Å². The van der Waals surface area contributed by atoms with Gasteiger partial charge in [-0.05, 0) is 18.9 Å². The Balaban J connectivity index is 1.63. The van der Waals surface area contributed by atoms with Crippen LogP contribution in [0, 0.1) is 11.2 Å². The number of benzene rings is 1. The normalized spacial score (nSPS) is 22.6. The van der Waals surface area contributed by atoms with Gasteiger partial charge >= 0.3 is 0 Å². The molecule has 2 saturated heterocycles. The van der Waals surface area contributed by atoms with Crippen molar-refractivity contribution in [3.05, 3.63) is 47.4 Å². The fourth-order valence-electron chi connectivity index (χ4n) is 4.28. The average Bonchev–Trinajstić information content (AvgIpc) is 3.30. The van der Waals surface area contributed by atoms with Crippen molar-refractivity contribution >= 4 is 10.0 Å². The monoisotopic (exact) mass is 423 g/mol. The van der Waals surface area contributed by atoms with E-state index in [-0.39, 0.29) is 35.1 Å². The molecule has 0 N–H and O–H groups in total. The Kier molecular flexibility index (Phi) is 5.48. The number of ether oxygens (including phenoxy) is 1. The summed E-state index contributed by atoms with van der Waals surface area (Å²) in [6.45, 7) is 5.71. The molecule has 1 spiro atoms. The van der Waals surface area contributed by atoms with Crippen molar-refractivity contribution in [1.82, 2.24) is 14.5 Å². The van der Waals surface area contributed by atoms with Gasteiger partial charge in [-0.1, -0.05) is 32.0 Å². The van der Waals surface area contributed by atoms with Crippen LogP contribution >= 0.6 is 0 Å². The molecule has 158 valence electrons. The van der Waals surface area contributed by atoms with E-state index in [0.717, 1.165) is 12.8 Å². The second kappa shape index (κ2) is 7.77. The van der Waals surface area contributed by atoms with Crippen LogP contribution < -0.4 is 0 Å². The lowest BCUT2D eigenvalue weighted by atomic mass is 9.72. The minimum atomic E-state index is -3.70. The van der Waals surface area contributed by atoms with Crippen LogP contribution in [0.3, 0.4) is 0 Å². The van der Waals surface area contributed by atoms with Crippen LogP contribution in [-0.4, -0.2) is 49.2 Å². The number of nitrogens with zero attached hydrogens (tertiary/aromatic N) is 3. The summed E-state index contributed by atoms with van der Waals surface area (Å²) in [5.74, 6) is 0.0752. The van der Waals surface area contributed by atoms with Gasteiger partial charge in [0.05, 0.1) is 11.7 Å². The van der Waals surface area contributed by atoms with Crippen LogP contribution in [0.25, 0.3) is 0 Å². The standard InChI is InChI=1S/C20H26FN3O4S/c1-14(2)18-22-23-19(28-18)16-11-24(13-20(16)7-9-27-10-8-20)29(25,26)12-15-5-3-4-6-17(15)21/h3-6,14,16H,7-13H2,1-2H3. The summed E-state index contributed by atoms with van der Waals surface area (Å²) in [6, 6.07) is 5.99. The molecule has 29 heavy (non-hydrogen) atoms. The molecule has 2 aliphatic heterocycles. The van der Waals surface area contributed by atoms with Gasteiger partial charge in [0.1, 0.15) is 5.82 Å². The fourth-order valence-corrected chi connectivity index (χ4v) is 5.92. The molecule has 4 rings (SSSR count). The van der Waals surface area contributed by atoms with Crippen molar-refractivity contribution < 1.29 is 22.0 Å². The van der Waals surface area contributed by atoms with Crippen LogP contribution in [0.5, 0.6) is 0 Å². The molecule has 2 fully saturated rings. The second-order valence-corrected chi connectivity index (χ2v) is 10.3. The first-order valence-electron chi connectivity index (χ1n) is 9.93. The van der Waals surface area contributed by atoms with Crippen LogP contribution in [0.1, 0.15) is 55.9 Å². The molecular formula is C20H26FN3O4S. The molecule has 0 radical (unpaired) electrons. The highest BCUT2D eigenvalue weighted by atomic mass is 32.2. The quantitative estimate of drug-likeness (QED) is 0.735. The lowest BCUT2D eigenvalue weighted by Gasteiger charge is -2.36. The van der Waals surface area contributed by atoms with Gasteiger partial charge in [-0.15, -0.1) is 10.2 Å². The van der Waals surface area contributed by atoms with Gasteiger partial charge in [0.15, 0.2) is 0 Å². The van der Waals surface area contributed by atoms with Crippen molar-refractivity contribution in [2.24, 2.45) is 5.41 Å². The molecule has 2 aromatic rings. The number of halogens is 1. The van der Waals surface area contributed by atoms with E-state index >= 15 is 0 Å². The third-order valence-corrected chi connectivity index (χ3v) is 7.78. The maximum absolute atomic E-state index is 14.0. The van der Waals surface area contributed by atoms with E-state index in [0.29, 0.717) is 31.5 Å². The van der Waals surface area contributed by atoms with E-state index in [2.05, 4.69) is 10.2 Å². The number of hydrogen-bond acceptors (Lipinski definition) is 6. The summed E-state index contributed by atoms with van der Waals surface area (Å²) in [5.41, 5.74) is -0.127. The zero-order valence-electron chi connectivity index (χ0n) is 16.7. The lowest BCUT2D eigenvalue weighted by molar-refractivity contribution is 0.0110. The Morgan fingerprint density at radius 2 is 1.97 bits per heavy atom. The molecule has 3 heterocycles. The molecular weight excluding hydrogens is 397 g/mol. The predicted octanol–water partition coefficient (Wildman–Crippen LogP) is 3.06. The minimum absolute atomic E-state index is 0.101. The van der Waals surface area contributed by atoms with Crippen LogP contribution in [-0.2, 0) is 20.5 Å². The highest BCUT2D eigenvalue weighted by Gasteiger charge is 2.53. The van der Waals surface area contributed by atoms with Crippen molar-refractivity contribution in [1.29, 1.82) is 0 Å². The Morgan fingerprint density at radius 1 is 1.24 bits per heavy atom. The Bertz CT molecular complexity index is 970. The highest BCUT2D eigenvalue weighted by molar-refractivity contribution is 7.88. The van der Waals surface area contributed by atoms with Crippen LogP contribution in [0.2, 0.25) is 0 Å². The number of sulfonamides is 1. The molecule has 0 saturated carbocycles. The van der Waals surface area contributed by atoms with Gasteiger partial charge in [-0.25, -0.2) is 17.1 Å². The first kappa shape index (κ1) is 20.4. The molecule has 1 aromatic carbocycles. The molecule has 1 aromatic heterocycles. The van der Waals surface area contributed by atoms with E-state index in [1.54, 1.807) is 12.1 Å². The van der Waals surface area contributed by atoms with Gasteiger partial charge < -0.3 is 9.15 Å². The van der Waals surface area contributed by atoms with Crippen molar-refractivity contribution in [2.75, 3.05) is 26.3 Å². The summed E-state index contributed by atoms with van der Waals surface area (Å²) in [7, 11) is -3.70. The van der Waals surface area contributed by atoms with E-state index in [1.807, 2.05) is 13.8 Å². The maximum atomic E-state index is 14.0. The van der Waals surface area contributed by atoms with Crippen LogP contribution in [0.15, 0.2) is 28.7 Å². The van der Waals surface area contributed by atoms with Gasteiger partial charge in [0.25, 0.3) is 0 Å². The Hall–Kier alpha value is -1.84. The van der Waals surface area contributed by atoms with Gasteiger partial charge in [0.2, 0.25) is 21.8 Å². The molecule has 1 atom stereocenters. The van der Waals surface area contributed by atoms with Crippen LogP contribution in [0.4, 0.5) is 4.39 Å². The fraction of sp³-hybridized carbons (Fsp3) is 0.600. The summed E-state index contributed by atoms with van der Waals surface area (Å²) < 4.78 is 53.2. The zero-order valence-corrected chi connectivity index (χ0v) is 17.5. The van der Waals surface area contributed by atoms with E-state index in [4.69, 9.17) is 9.15 Å². The molecule has 7 nitrogen and oxygen atoms in total. The summed E-state index contributed by atoms with van der Waals surface area (Å²) in [6.07, 6.45) is 1.45. The molecule has 0 amide bonds. The van der Waals surface area contributed by atoms with E-state index in [1.165, 1.54) is 16.4 Å². The van der Waals surface area contributed by atoms with E-state index < -0.39 is 15.8 Å². The number of rotatable bonds is 5. The number of aromatic nitrogens is 2. The Morgan fingerprint density at radius 3 is 2.62 bits per heavy atom.